The van der Waals surface area contributed by atoms with Crippen molar-refractivity contribution in [2.45, 2.75) is 19.8 Å². The molecule has 2 aliphatic carbocycles. The summed E-state index contributed by atoms with van der Waals surface area (Å²) in [6.45, 7) is 2.26. The minimum absolute atomic E-state index is 1.04. The highest BCUT2D eigenvalue weighted by Crippen LogP contribution is 2.51. The average Bonchev–Trinajstić information content (AvgIpc) is 2.33. The van der Waals surface area contributed by atoms with Gasteiger partial charge in [0, 0.05) is 0 Å². The van der Waals surface area contributed by atoms with Gasteiger partial charge in [-0.2, -0.15) is 0 Å². The minimum atomic E-state index is 1.04. The first-order chi connectivity index (χ1) is 3.38. The molecule has 0 bridgehead atoms. The summed E-state index contributed by atoms with van der Waals surface area (Å²) in [6, 6.07) is 0. The largest absolute Gasteiger partial charge is 0.0850 e. The SMILES string of the molecule is CC1=CCC2C[C@@H]12. The van der Waals surface area contributed by atoms with Crippen molar-refractivity contribution in [2.75, 3.05) is 0 Å². The zero-order valence-electron chi connectivity index (χ0n) is 4.65. The van der Waals surface area contributed by atoms with Crippen LogP contribution in [0.25, 0.3) is 0 Å². The van der Waals surface area contributed by atoms with E-state index in [-0.39, 0.29) is 0 Å². The average molecular weight is 94.2 g/mol. The summed E-state index contributed by atoms with van der Waals surface area (Å²) in [6.07, 6.45) is 5.28. The number of allylic oxidation sites excluding steroid dienone is 2. The van der Waals surface area contributed by atoms with Crippen LogP contribution in [0, 0.1) is 11.8 Å². The molecule has 0 aromatic carbocycles. The maximum Gasteiger partial charge on any atom is -0.0172 e. The fraction of sp³-hybridized carbons (Fsp3) is 0.714. The third kappa shape index (κ3) is 0.370. The molecule has 0 aromatic heterocycles. The van der Waals surface area contributed by atoms with Gasteiger partial charge in [0.05, 0.1) is 0 Å². The molecule has 0 spiro atoms. The molecular formula is C7H10. The van der Waals surface area contributed by atoms with E-state index in [4.69, 9.17) is 0 Å². The molecule has 0 aliphatic heterocycles. The van der Waals surface area contributed by atoms with E-state index >= 15 is 0 Å². The summed E-state index contributed by atoms with van der Waals surface area (Å²) in [5, 5.41) is 0. The molecule has 0 saturated heterocycles. The van der Waals surface area contributed by atoms with Gasteiger partial charge in [0.1, 0.15) is 0 Å². The monoisotopic (exact) mass is 94.1 g/mol. The lowest BCUT2D eigenvalue weighted by atomic mass is 10.2. The van der Waals surface area contributed by atoms with Crippen LogP contribution in [-0.4, -0.2) is 0 Å². The molecule has 0 amide bonds. The molecular weight excluding hydrogens is 84.1 g/mol. The summed E-state index contributed by atoms with van der Waals surface area (Å²) in [5.41, 5.74) is 1.66. The Morgan fingerprint density at radius 2 is 2.57 bits per heavy atom. The number of rotatable bonds is 0. The van der Waals surface area contributed by atoms with Crippen LogP contribution in [0.15, 0.2) is 11.6 Å². The van der Waals surface area contributed by atoms with Crippen molar-refractivity contribution >= 4 is 0 Å². The van der Waals surface area contributed by atoms with Gasteiger partial charge in [-0.15, -0.1) is 0 Å². The molecule has 0 N–H and O–H groups in total. The molecule has 38 valence electrons. The molecule has 7 heavy (non-hydrogen) atoms. The number of hydrogen-bond donors (Lipinski definition) is 0. The van der Waals surface area contributed by atoms with Crippen molar-refractivity contribution < 1.29 is 0 Å². The molecule has 2 atom stereocenters. The normalized spacial score (nSPS) is 45.6. The van der Waals surface area contributed by atoms with Gasteiger partial charge in [-0.1, -0.05) is 11.6 Å². The Morgan fingerprint density at radius 1 is 1.71 bits per heavy atom. The quantitative estimate of drug-likeness (QED) is 0.402. The first-order valence-corrected chi connectivity index (χ1v) is 3.04. The van der Waals surface area contributed by atoms with Crippen molar-refractivity contribution in [3.05, 3.63) is 11.6 Å². The summed E-state index contributed by atoms with van der Waals surface area (Å²) in [5.74, 6) is 2.14. The molecule has 0 nitrogen and oxygen atoms in total. The summed E-state index contributed by atoms with van der Waals surface area (Å²) < 4.78 is 0. The van der Waals surface area contributed by atoms with Gasteiger partial charge in [0.15, 0.2) is 0 Å². The zero-order chi connectivity index (χ0) is 4.85. The predicted octanol–water partition coefficient (Wildman–Crippen LogP) is 1.97. The molecule has 1 fully saturated rings. The minimum Gasteiger partial charge on any atom is -0.0850 e. The Hall–Kier alpha value is -0.260. The lowest BCUT2D eigenvalue weighted by Crippen LogP contribution is -1.69. The molecule has 2 rings (SSSR count). The smallest absolute Gasteiger partial charge is 0.0172 e. The third-order valence-corrected chi connectivity index (χ3v) is 2.25. The maximum atomic E-state index is 2.39. The van der Waals surface area contributed by atoms with Gasteiger partial charge in [-0.05, 0) is 31.6 Å². The Balaban J connectivity index is 2.25. The molecule has 0 heterocycles. The van der Waals surface area contributed by atoms with Crippen molar-refractivity contribution in [3.63, 3.8) is 0 Å². The molecule has 0 radical (unpaired) electrons. The van der Waals surface area contributed by atoms with Crippen LogP contribution in [0.2, 0.25) is 0 Å². The van der Waals surface area contributed by atoms with Crippen LogP contribution in [0.4, 0.5) is 0 Å². The highest BCUT2D eigenvalue weighted by atomic mass is 14.4. The third-order valence-electron chi connectivity index (χ3n) is 2.25. The van der Waals surface area contributed by atoms with Crippen molar-refractivity contribution in [1.29, 1.82) is 0 Å². The molecule has 2 aliphatic rings. The summed E-state index contributed by atoms with van der Waals surface area (Å²) >= 11 is 0. The van der Waals surface area contributed by atoms with Gasteiger partial charge in [-0.25, -0.2) is 0 Å². The van der Waals surface area contributed by atoms with Gasteiger partial charge in [0.25, 0.3) is 0 Å². The standard InChI is InChI=1S/C7H10/c1-5-2-3-6-4-7(5)6/h2,6-7H,3-4H2,1H3/t6?,7-/m0/s1. The van der Waals surface area contributed by atoms with E-state index in [9.17, 15) is 0 Å². The molecule has 0 heteroatoms. The van der Waals surface area contributed by atoms with Gasteiger partial charge in [0.2, 0.25) is 0 Å². The van der Waals surface area contributed by atoms with E-state index in [1.54, 1.807) is 5.57 Å². The van der Waals surface area contributed by atoms with Crippen LogP contribution >= 0.6 is 0 Å². The second-order valence-corrected chi connectivity index (χ2v) is 2.79. The molecule has 1 saturated carbocycles. The highest BCUT2D eigenvalue weighted by Gasteiger charge is 2.40. The number of fused-ring (bicyclic) bond motifs is 1. The van der Waals surface area contributed by atoms with Crippen molar-refractivity contribution in [3.8, 4) is 0 Å². The van der Waals surface area contributed by atoms with E-state index in [1.165, 1.54) is 12.8 Å². The van der Waals surface area contributed by atoms with Crippen molar-refractivity contribution in [2.24, 2.45) is 11.8 Å². The second-order valence-electron chi connectivity index (χ2n) is 2.79. The Morgan fingerprint density at radius 3 is 2.71 bits per heavy atom. The molecule has 1 unspecified atom stereocenters. The van der Waals surface area contributed by atoms with E-state index in [1.807, 2.05) is 0 Å². The Labute approximate surface area is 44.2 Å². The van der Waals surface area contributed by atoms with Crippen LogP contribution in [0.3, 0.4) is 0 Å². The van der Waals surface area contributed by atoms with E-state index in [0.29, 0.717) is 0 Å². The van der Waals surface area contributed by atoms with Crippen LogP contribution < -0.4 is 0 Å². The summed E-state index contributed by atoms with van der Waals surface area (Å²) in [4.78, 5) is 0. The lowest BCUT2D eigenvalue weighted by molar-refractivity contribution is 0.845. The van der Waals surface area contributed by atoms with Gasteiger partial charge >= 0.3 is 0 Å². The lowest BCUT2D eigenvalue weighted by Gasteiger charge is -1.84. The summed E-state index contributed by atoms with van der Waals surface area (Å²) in [7, 11) is 0. The second kappa shape index (κ2) is 0.936. The first-order valence-electron chi connectivity index (χ1n) is 3.04. The fourth-order valence-corrected chi connectivity index (χ4v) is 1.55. The molecule has 0 aromatic rings. The van der Waals surface area contributed by atoms with Crippen LogP contribution in [0.5, 0.6) is 0 Å². The van der Waals surface area contributed by atoms with E-state index < -0.39 is 0 Å². The van der Waals surface area contributed by atoms with Crippen LogP contribution in [0.1, 0.15) is 19.8 Å². The topological polar surface area (TPSA) is 0 Å². The van der Waals surface area contributed by atoms with E-state index in [2.05, 4.69) is 13.0 Å². The van der Waals surface area contributed by atoms with Crippen LogP contribution in [-0.2, 0) is 0 Å². The first kappa shape index (κ1) is 3.71. The predicted molar refractivity (Wildman–Crippen MR) is 30.0 cm³/mol. The number of hydrogen-bond acceptors (Lipinski definition) is 0. The van der Waals surface area contributed by atoms with Crippen molar-refractivity contribution in [1.82, 2.24) is 0 Å². The van der Waals surface area contributed by atoms with Gasteiger partial charge in [-0.3, -0.25) is 0 Å². The Kier molecular flexibility index (Phi) is 0.495. The fourth-order valence-electron chi connectivity index (χ4n) is 1.55. The highest BCUT2D eigenvalue weighted by molar-refractivity contribution is 5.20. The maximum absolute atomic E-state index is 2.39. The zero-order valence-corrected chi connectivity index (χ0v) is 4.65. The van der Waals surface area contributed by atoms with E-state index in [0.717, 1.165) is 11.8 Å². The Bertz CT molecular complexity index is 122. The van der Waals surface area contributed by atoms with Gasteiger partial charge < -0.3 is 0 Å².